The Balaban J connectivity index is 1.54. The zero-order valence-electron chi connectivity index (χ0n) is 16.5. The molecule has 7 heteroatoms. The minimum Gasteiger partial charge on any atom is -0.460 e. The summed E-state index contributed by atoms with van der Waals surface area (Å²) in [5.74, 6) is -0.307. The molecule has 0 amide bonds. The Morgan fingerprint density at radius 1 is 1.17 bits per heavy atom. The van der Waals surface area contributed by atoms with E-state index in [0.717, 1.165) is 31.9 Å². The lowest BCUT2D eigenvalue weighted by Crippen LogP contribution is -2.17. The minimum absolute atomic E-state index is 0.148. The maximum Gasteiger partial charge on any atom is 0.319 e. The first-order valence-corrected chi connectivity index (χ1v) is 11.5. The van der Waals surface area contributed by atoms with E-state index in [-0.39, 0.29) is 12.6 Å². The van der Waals surface area contributed by atoms with Gasteiger partial charge >= 0.3 is 5.97 Å². The molecule has 1 unspecified atom stereocenters. The number of fused-ring (bicyclic) bond motifs is 1. The number of ether oxygens (including phenoxy) is 1. The van der Waals surface area contributed by atoms with Gasteiger partial charge in [-0.25, -0.2) is 9.97 Å². The number of rotatable bonds is 6. The van der Waals surface area contributed by atoms with Gasteiger partial charge in [-0.3, -0.25) is 4.79 Å². The molecule has 30 heavy (non-hydrogen) atoms. The second-order valence-corrected chi connectivity index (χ2v) is 9.43. The van der Waals surface area contributed by atoms with E-state index >= 15 is 0 Å². The molecule has 0 saturated heterocycles. The summed E-state index contributed by atoms with van der Waals surface area (Å²) in [6, 6.07) is 15.7. The summed E-state index contributed by atoms with van der Waals surface area (Å²) in [6.45, 7) is 4.04. The normalized spacial score (nSPS) is 12.1. The van der Waals surface area contributed by atoms with Crippen molar-refractivity contribution in [3.63, 3.8) is 0 Å². The van der Waals surface area contributed by atoms with Crippen LogP contribution in [0.3, 0.4) is 0 Å². The third-order valence-electron chi connectivity index (χ3n) is 4.65. The van der Waals surface area contributed by atoms with E-state index in [2.05, 4.69) is 46.5 Å². The lowest BCUT2D eigenvalue weighted by atomic mass is 10.1. The summed E-state index contributed by atoms with van der Waals surface area (Å²) in [5, 5.41) is 4.01. The zero-order valence-corrected chi connectivity index (χ0v) is 18.9. The summed E-state index contributed by atoms with van der Waals surface area (Å²) in [5.41, 5.74) is 4.18. The average Bonchev–Trinajstić information content (AvgIpc) is 3.18. The van der Waals surface area contributed by atoms with E-state index in [0.29, 0.717) is 5.02 Å². The van der Waals surface area contributed by atoms with E-state index in [1.54, 1.807) is 23.7 Å². The highest BCUT2D eigenvalue weighted by Gasteiger charge is 2.21. The van der Waals surface area contributed by atoms with Crippen molar-refractivity contribution in [3.05, 3.63) is 76.4 Å². The number of benzene rings is 2. The zero-order chi connectivity index (χ0) is 21.1. The summed E-state index contributed by atoms with van der Waals surface area (Å²) >= 11 is 9.10. The number of carbonyl (C=O) groups is 1. The smallest absolute Gasteiger partial charge is 0.319 e. The number of thioether (sulfide) groups is 1. The second-order valence-electron chi connectivity index (χ2n) is 6.83. The molecule has 4 rings (SSSR count). The van der Waals surface area contributed by atoms with E-state index < -0.39 is 5.25 Å². The standard InChI is InChI=1S/C23H19ClN2O2S2/c1-14-7-9-16(10-8-14)18-12-29-21-20(18)22(26-13-25-21)30-15(2)23(27)28-11-17-5-3-4-6-19(17)24/h3-10,12-13,15H,11H2,1-2H3. The molecular weight excluding hydrogens is 436 g/mol. The highest BCUT2D eigenvalue weighted by Crippen LogP contribution is 2.39. The molecule has 0 spiro atoms. The van der Waals surface area contributed by atoms with Gasteiger partial charge in [-0.1, -0.05) is 71.4 Å². The minimum atomic E-state index is -0.420. The van der Waals surface area contributed by atoms with Gasteiger partial charge in [0.2, 0.25) is 0 Å². The fourth-order valence-corrected chi connectivity index (χ4v) is 5.08. The van der Waals surface area contributed by atoms with Gasteiger partial charge in [0.25, 0.3) is 0 Å². The number of aromatic nitrogens is 2. The van der Waals surface area contributed by atoms with Gasteiger partial charge in [-0.2, -0.15) is 0 Å². The maximum atomic E-state index is 12.6. The van der Waals surface area contributed by atoms with Crippen molar-refractivity contribution in [1.82, 2.24) is 9.97 Å². The van der Waals surface area contributed by atoms with Gasteiger partial charge in [0.05, 0.1) is 5.39 Å². The molecule has 0 aliphatic carbocycles. The fraction of sp³-hybridized carbons (Fsp3) is 0.174. The number of hydrogen-bond donors (Lipinski definition) is 0. The average molecular weight is 455 g/mol. The number of hydrogen-bond acceptors (Lipinski definition) is 6. The third kappa shape index (κ3) is 4.51. The van der Waals surface area contributed by atoms with Crippen molar-refractivity contribution in [1.29, 1.82) is 0 Å². The topological polar surface area (TPSA) is 52.1 Å². The van der Waals surface area contributed by atoms with Crippen molar-refractivity contribution in [3.8, 4) is 11.1 Å². The Morgan fingerprint density at radius 3 is 2.70 bits per heavy atom. The van der Waals surface area contributed by atoms with Crippen LogP contribution < -0.4 is 0 Å². The molecule has 0 N–H and O–H groups in total. The molecule has 0 saturated carbocycles. The van der Waals surface area contributed by atoms with Gasteiger partial charge in [-0.05, 0) is 25.5 Å². The summed E-state index contributed by atoms with van der Waals surface area (Å²) in [6.07, 6.45) is 1.54. The van der Waals surface area contributed by atoms with Crippen LogP contribution in [0.1, 0.15) is 18.1 Å². The molecule has 4 aromatic rings. The molecule has 4 nitrogen and oxygen atoms in total. The Morgan fingerprint density at radius 2 is 1.93 bits per heavy atom. The van der Waals surface area contributed by atoms with E-state index in [1.165, 1.54) is 17.3 Å². The monoisotopic (exact) mass is 454 g/mol. The fourth-order valence-electron chi connectivity index (χ4n) is 2.98. The molecule has 2 aromatic carbocycles. The quantitative estimate of drug-likeness (QED) is 0.188. The first-order valence-electron chi connectivity index (χ1n) is 9.39. The molecule has 0 fully saturated rings. The second kappa shape index (κ2) is 9.16. The third-order valence-corrected chi connectivity index (χ3v) is 6.98. The van der Waals surface area contributed by atoms with Gasteiger partial charge in [0, 0.05) is 21.5 Å². The first kappa shape index (κ1) is 20.8. The summed E-state index contributed by atoms with van der Waals surface area (Å²) in [4.78, 5) is 22.3. The van der Waals surface area contributed by atoms with Crippen LogP contribution in [-0.2, 0) is 16.1 Å². The van der Waals surface area contributed by atoms with Crippen molar-refractivity contribution in [2.75, 3.05) is 0 Å². The van der Waals surface area contributed by atoms with Crippen LogP contribution in [-0.4, -0.2) is 21.2 Å². The van der Waals surface area contributed by atoms with Crippen molar-refractivity contribution in [2.24, 2.45) is 0 Å². The SMILES string of the molecule is Cc1ccc(-c2csc3ncnc(SC(C)C(=O)OCc4ccccc4Cl)c23)cc1. The predicted molar refractivity (Wildman–Crippen MR) is 124 cm³/mol. The van der Waals surface area contributed by atoms with E-state index in [9.17, 15) is 4.79 Å². The van der Waals surface area contributed by atoms with Crippen LogP contribution in [0.4, 0.5) is 0 Å². The lowest BCUT2D eigenvalue weighted by molar-refractivity contribution is -0.143. The molecule has 2 aromatic heterocycles. The number of esters is 1. The van der Waals surface area contributed by atoms with Crippen LogP contribution >= 0.6 is 34.7 Å². The lowest BCUT2D eigenvalue weighted by Gasteiger charge is -2.12. The molecular formula is C23H19ClN2O2S2. The molecule has 0 radical (unpaired) electrons. The summed E-state index contributed by atoms with van der Waals surface area (Å²) in [7, 11) is 0. The Labute approximate surface area is 188 Å². The predicted octanol–water partition coefficient (Wildman–Crippen LogP) is 6.54. The van der Waals surface area contributed by atoms with Gasteiger partial charge in [-0.15, -0.1) is 11.3 Å². The van der Waals surface area contributed by atoms with Gasteiger partial charge in [0.15, 0.2) is 0 Å². The molecule has 2 heterocycles. The number of halogens is 1. The number of thiophene rings is 1. The molecule has 0 bridgehead atoms. The number of carbonyl (C=O) groups excluding carboxylic acids is 1. The molecule has 152 valence electrons. The number of nitrogens with zero attached hydrogens (tertiary/aromatic N) is 2. The van der Waals surface area contributed by atoms with Crippen LogP contribution in [0, 0.1) is 6.92 Å². The van der Waals surface area contributed by atoms with Crippen LogP contribution in [0.2, 0.25) is 5.02 Å². The van der Waals surface area contributed by atoms with Crippen LogP contribution in [0.15, 0.2) is 65.3 Å². The highest BCUT2D eigenvalue weighted by atomic mass is 35.5. The summed E-state index contributed by atoms with van der Waals surface area (Å²) < 4.78 is 5.48. The van der Waals surface area contributed by atoms with Gasteiger partial charge in [0.1, 0.15) is 28.0 Å². The maximum absolute atomic E-state index is 12.6. The molecule has 0 aliphatic rings. The van der Waals surface area contributed by atoms with Crippen molar-refractivity contribution >= 4 is 50.9 Å². The Hall–Kier alpha value is -2.41. The van der Waals surface area contributed by atoms with Gasteiger partial charge < -0.3 is 4.74 Å². The molecule has 1 atom stereocenters. The van der Waals surface area contributed by atoms with Crippen LogP contribution in [0.25, 0.3) is 21.3 Å². The van der Waals surface area contributed by atoms with Crippen molar-refractivity contribution < 1.29 is 9.53 Å². The van der Waals surface area contributed by atoms with E-state index in [1.807, 2.05) is 25.1 Å². The largest absolute Gasteiger partial charge is 0.460 e. The number of aryl methyl sites for hydroxylation is 1. The van der Waals surface area contributed by atoms with E-state index in [4.69, 9.17) is 16.3 Å². The molecule has 0 aliphatic heterocycles. The van der Waals surface area contributed by atoms with Crippen LogP contribution in [0.5, 0.6) is 0 Å². The highest BCUT2D eigenvalue weighted by molar-refractivity contribution is 8.00. The first-order chi connectivity index (χ1) is 14.5. The van der Waals surface area contributed by atoms with Crippen molar-refractivity contribution in [2.45, 2.75) is 30.7 Å². The Bertz CT molecular complexity index is 1190. The Kier molecular flexibility index (Phi) is 6.37.